The van der Waals surface area contributed by atoms with E-state index in [1.165, 1.54) is 7.11 Å². The van der Waals surface area contributed by atoms with Crippen LogP contribution in [0.1, 0.15) is 13.3 Å². The van der Waals surface area contributed by atoms with E-state index in [9.17, 15) is 4.79 Å². The molecule has 0 saturated heterocycles. The summed E-state index contributed by atoms with van der Waals surface area (Å²) in [6.45, 7) is 1.80. The Labute approximate surface area is 71.1 Å². The van der Waals surface area contributed by atoms with Gasteiger partial charge in [-0.3, -0.25) is 0 Å². The first-order chi connectivity index (χ1) is 5.06. The first kappa shape index (κ1) is 10.2. The number of nitrogens with one attached hydrogen (secondary N) is 1. The molecule has 0 fully saturated rings. The molecule has 1 unspecified atom stereocenters. The molecule has 11 heavy (non-hydrogen) atoms. The number of amides is 1. The quantitative estimate of drug-likeness (QED) is 0.611. The molecule has 0 rings (SSSR count). The summed E-state index contributed by atoms with van der Waals surface area (Å²) in [6.07, 6.45) is 0.0264. The molecule has 0 aromatic rings. The van der Waals surface area contributed by atoms with Crippen molar-refractivity contribution in [2.75, 3.05) is 7.11 Å². The number of hydrogen-bond acceptors (Lipinski definition) is 3. The second-order valence-electron chi connectivity index (χ2n) is 2.21. The lowest BCUT2D eigenvalue weighted by atomic mass is 10.2. The number of thiocarbonyl (C=S) groups is 1. The molecule has 0 spiro atoms. The summed E-state index contributed by atoms with van der Waals surface area (Å²) in [7, 11) is 1.31. The van der Waals surface area contributed by atoms with Gasteiger partial charge < -0.3 is 15.8 Å². The molecular formula is C6H12N2O2S. The van der Waals surface area contributed by atoms with Crippen molar-refractivity contribution in [3.8, 4) is 0 Å². The van der Waals surface area contributed by atoms with Gasteiger partial charge in [0.15, 0.2) is 0 Å². The van der Waals surface area contributed by atoms with Gasteiger partial charge in [0, 0.05) is 12.5 Å². The number of alkyl carbamates (subject to hydrolysis) is 1. The molecule has 0 saturated carbocycles. The Kier molecular flexibility index (Phi) is 4.52. The van der Waals surface area contributed by atoms with Crippen LogP contribution >= 0.6 is 12.2 Å². The number of carbonyl (C=O) groups excluding carboxylic acids is 1. The maximum Gasteiger partial charge on any atom is 0.407 e. The predicted molar refractivity (Wildman–Crippen MR) is 46.4 cm³/mol. The Morgan fingerprint density at radius 2 is 2.36 bits per heavy atom. The van der Waals surface area contributed by atoms with E-state index < -0.39 is 6.09 Å². The monoisotopic (exact) mass is 176 g/mol. The number of hydrogen-bond donors (Lipinski definition) is 2. The van der Waals surface area contributed by atoms with E-state index in [2.05, 4.69) is 22.3 Å². The van der Waals surface area contributed by atoms with E-state index in [0.717, 1.165) is 0 Å². The van der Waals surface area contributed by atoms with Gasteiger partial charge in [-0.25, -0.2) is 4.79 Å². The van der Waals surface area contributed by atoms with Crippen LogP contribution in [0, 0.1) is 0 Å². The topological polar surface area (TPSA) is 64.3 Å². The maximum atomic E-state index is 10.6. The van der Waals surface area contributed by atoms with Crippen LogP contribution in [0.25, 0.3) is 0 Å². The van der Waals surface area contributed by atoms with Crippen molar-refractivity contribution < 1.29 is 9.53 Å². The Balaban J connectivity index is 3.60. The fourth-order valence-corrected chi connectivity index (χ4v) is 0.863. The smallest absolute Gasteiger partial charge is 0.407 e. The summed E-state index contributed by atoms with van der Waals surface area (Å²) in [5, 5.41) is 2.53. The zero-order valence-electron chi connectivity index (χ0n) is 6.59. The lowest BCUT2D eigenvalue weighted by Crippen LogP contribution is -2.35. The van der Waals surface area contributed by atoms with Gasteiger partial charge in [-0.05, 0) is 6.92 Å². The minimum atomic E-state index is -0.464. The van der Waals surface area contributed by atoms with Crippen LogP contribution in [0.15, 0.2) is 0 Å². The van der Waals surface area contributed by atoms with Crippen LogP contribution in [0.4, 0.5) is 4.79 Å². The lowest BCUT2D eigenvalue weighted by molar-refractivity contribution is 0.168. The fraction of sp³-hybridized carbons (Fsp3) is 0.667. The number of ether oxygens (including phenoxy) is 1. The molecule has 4 nitrogen and oxygen atoms in total. The van der Waals surface area contributed by atoms with E-state index in [4.69, 9.17) is 5.73 Å². The third-order valence-corrected chi connectivity index (χ3v) is 1.22. The molecule has 0 aromatic heterocycles. The average molecular weight is 176 g/mol. The zero-order chi connectivity index (χ0) is 8.85. The summed E-state index contributed by atoms with van der Waals surface area (Å²) < 4.78 is 4.37. The molecule has 0 heterocycles. The molecule has 0 aliphatic heterocycles. The molecule has 1 atom stereocenters. The van der Waals surface area contributed by atoms with Gasteiger partial charge in [0.05, 0.1) is 12.1 Å². The highest BCUT2D eigenvalue weighted by Gasteiger charge is 2.06. The Morgan fingerprint density at radius 1 is 1.82 bits per heavy atom. The number of methoxy groups -OCH3 is 1. The second-order valence-corrected chi connectivity index (χ2v) is 2.73. The molecule has 1 amide bonds. The molecule has 0 aliphatic carbocycles. The summed E-state index contributed by atoms with van der Waals surface area (Å²) >= 11 is 4.65. The highest BCUT2D eigenvalue weighted by Crippen LogP contribution is 1.90. The Morgan fingerprint density at radius 3 is 2.73 bits per heavy atom. The van der Waals surface area contributed by atoms with E-state index in [1.54, 1.807) is 6.92 Å². The third kappa shape index (κ3) is 5.60. The maximum absolute atomic E-state index is 10.6. The van der Waals surface area contributed by atoms with Crippen LogP contribution in [-0.4, -0.2) is 24.2 Å². The molecule has 0 aromatic carbocycles. The van der Waals surface area contributed by atoms with Crippen LogP contribution < -0.4 is 11.1 Å². The fourth-order valence-electron chi connectivity index (χ4n) is 0.613. The van der Waals surface area contributed by atoms with Crippen molar-refractivity contribution in [1.29, 1.82) is 0 Å². The van der Waals surface area contributed by atoms with Gasteiger partial charge in [0.25, 0.3) is 0 Å². The summed E-state index contributed by atoms with van der Waals surface area (Å²) in [4.78, 5) is 11.0. The summed E-state index contributed by atoms with van der Waals surface area (Å²) in [6, 6.07) is -0.0695. The highest BCUT2D eigenvalue weighted by molar-refractivity contribution is 7.80. The van der Waals surface area contributed by atoms with Gasteiger partial charge in [-0.15, -0.1) is 0 Å². The van der Waals surface area contributed by atoms with E-state index >= 15 is 0 Å². The number of nitrogens with two attached hydrogens (primary N) is 1. The average Bonchev–Trinajstić information content (AvgIpc) is 1.85. The van der Waals surface area contributed by atoms with Crippen molar-refractivity contribution in [3.05, 3.63) is 0 Å². The van der Waals surface area contributed by atoms with Crippen LogP contribution in [0.5, 0.6) is 0 Å². The third-order valence-electron chi connectivity index (χ3n) is 1.06. The molecule has 0 bridgehead atoms. The van der Waals surface area contributed by atoms with Crippen molar-refractivity contribution in [2.45, 2.75) is 19.4 Å². The van der Waals surface area contributed by atoms with Gasteiger partial charge >= 0.3 is 6.09 Å². The number of carbonyl (C=O) groups is 1. The van der Waals surface area contributed by atoms with Crippen molar-refractivity contribution in [2.24, 2.45) is 5.73 Å². The Hall–Kier alpha value is -0.840. The van der Waals surface area contributed by atoms with E-state index in [0.29, 0.717) is 11.4 Å². The molecule has 0 aliphatic rings. The summed E-state index contributed by atoms with van der Waals surface area (Å²) in [5.41, 5.74) is 5.25. The minimum absolute atomic E-state index is 0.0695. The first-order valence-corrected chi connectivity index (χ1v) is 3.60. The highest BCUT2D eigenvalue weighted by atomic mass is 32.1. The number of rotatable bonds is 3. The normalized spacial score (nSPS) is 11.8. The van der Waals surface area contributed by atoms with Crippen LogP contribution in [0.3, 0.4) is 0 Å². The Bertz CT molecular complexity index is 161. The predicted octanol–water partition coefficient (Wildman–Crippen LogP) is 0.407. The zero-order valence-corrected chi connectivity index (χ0v) is 7.40. The van der Waals surface area contributed by atoms with E-state index in [-0.39, 0.29) is 6.04 Å². The first-order valence-electron chi connectivity index (χ1n) is 3.19. The van der Waals surface area contributed by atoms with E-state index in [1.807, 2.05) is 0 Å². The van der Waals surface area contributed by atoms with Crippen molar-refractivity contribution in [3.63, 3.8) is 0 Å². The second kappa shape index (κ2) is 4.90. The summed E-state index contributed by atoms with van der Waals surface area (Å²) in [5.74, 6) is 0. The van der Waals surface area contributed by atoms with Gasteiger partial charge in [-0.1, -0.05) is 12.2 Å². The SMILES string of the molecule is COC(=O)NC(C)CC(N)=S. The minimum Gasteiger partial charge on any atom is -0.453 e. The molecule has 3 N–H and O–H groups in total. The molecule has 5 heteroatoms. The van der Waals surface area contributed by atoms with Crippen LogP contribution in [-0.2, 0) is 4.74 Å². The van der Waals surface area contributed by atoms with Gasteiger partial charge in [-0.2, -0.15) is 0 Å². The lowest BCUT2D eigenvalue weighted by Gasteiger charge is -2.10. The van der Waals surface area contributed by atoms with Gasteiger partial charge in [0.1, 0.15) is 0 Å². The standard InChI is InChI=1S/C6H12N2O2S/c1-4(3-5(7)11)8-6(9)10-2/h4H,3H2,1-2H3,(H2,7,11)(H,8,9). The molecule has 64 valence electrons. The molecule has 0 radical (unpaired) electrons. The van der Waals surface area contributed by atoms with Crippen molar-refractivity contribution >= 4 is 23.3 Å². The van der Waals surface area contributed by atoms with Gasteiger partial charge in [0.2, 0.25) is 0 Å². The largest absolute Gasteiger partial charge is 0.453 e. The van der Waals surface area contributed by atoms with Crippen molar-refractivity contribution in [1.82, 2.24) is 5.32 Å². The van der Waals surface area contributed by atoms with Crippen LogP contribution in [0.2, 0.25) is 0 Å². The molecular weight excluding hydrogens is 164 g/mol.